The van der Waals surface area contributed by atoms with Crippen LogP contribution in [-0.2, 0) is 6.54 Å². The number of carbonyl (C=O) groups excluding carboxylic acids is 1. The summed E-state index contributed by atoms with van der Waals surface area (Å²) in [6.45, 7) is 2.25. The van der Waals surface area contributed by atoms with Gasteiger partial charge in [-0.15, -0.1) is 0 Å². The second-order valence-corrected chi connectivity index (χ2v) is 5.21. The van der Waals surface area contributed by atoms with Crippen molar-refractivity contribution in [3.05, 3.63) is 64.4 Å². The summed E-state index contributed by atoms with van der Waals surface area (Å²) in [7, 11) is 0. The van der Waals surface area contributed by atoms with E-state index in [0.29, 0.717) is 22.6 Å². The predicted octanol–water partition coefficient (Wildman–Crippen LogP) is 3.45. The van der Waals surface area contributed by atoms with Crippen molar-refractivity contribution >= 4 is 28.5 Å². The highest BCUT2D eigenvalue weighted by Crippen LogP contribution is 2.17. The van der Waals surface area contributed by atoms with Crippen molar-refractivity contribution in [2.24, 2.45) is 0 Å². The van der Waals surface area contributed by atoms with E-state index in [9.17, 15) is 4.79 Å². The fourth-order valence-electron chi connectivity index (χ4n) is 2.25. The van der Waals surface area contributed by atoms with Crippen molar-refractivity contribution in [1.29, 1.82) is 0 Å². The van der Waals surface area contributed by atoms with Crippen LogP contribution in [0.15, 0.2) is 42.5 Å². The van der Waals surface area contributed by atoms with E-state index in [4.69, 9.17) is 11.6 Å². The smallest absolute Gasteiger partial charge is 0.253 e. The summed E-state index contributed by atoms with van der Waals surface area (Å²) in [5, 5.41) is 3.53. The third kappa shape index (κ3) is 2.76. The number of hydrogen-bond acceptors (Lipinski definition) is 2. The van der Waals surface area contributed by atoms with Gasteiger partial charge in [-0.2, -0.15) is 0 Å². The molecule has 3 aromatic rings. The number of benzene rings is 2. The fraction of sp³-hybridized carbons (Fsp3) is 0.125. The minimum Gasteiger partial charge on any atom is -0.348 e. The Hall–Kier alpha value is -2.33. The normalized spacial score (nSPS) is 10.8. The van der Waals surface area contributed by atoms with Gasteiger partial charge in [-0.3, -0.25) is 4.79 Å². The van der Waals surface area contributed by atoms with Crippen LogP contribution in [0, 0.1) is 6.92 Å². The molecule has 2 N–H and O–H groups in total. The van der Waals surface area contributed by atoms with Gasteiger partial charge in [0.15, 0.2) is 0 Å². The molecule has 4 nitrogen and oxygen atoms in total. The van der Waals surface area contributed by atoms with E-state index >= 15 is 0 Å². The number of H-pyrrole nitrogens is 1. The maximum absolute atomic E-state index is 12.3. The van der Waals surface area contributed by atoms with Crippen LogP contribution in [0.2, 0.25) is 5.02 Å². The van der Waals surface area contributed by atoms with Gasteiger partial charge in [-0.05, 0) is 30.7 Å². The number of halogens is 1. The number of aryl methyl sites for hydroxylation is 1. The van der Waals surface area contributed by atoms with Gasteiger partial charge in [0.1, 0.15) is 11.3 Å². The molecule has 106 valence electrons. The first-order valence-electron chi connectivity index (χ1n) is 6.62. The maximum Gasteiger partial charge on any atom is 0.253 e. The van der Waals surface area contributed by atoms with Crippen LogP contribution in [0.1, 0.15) is 21.7 Å². The van der Waals surface area contributed by atoms with E-state index in [-0.39, 0.29) is 5.91 Å². The fourth-order valence-corrected chi connectivity index (χ4v) is 2.45. The van der Waals surface area contributed by atoms with Gasteiger partial charge in [0.05, 0.1) is 11.1 Å². The van der Waals surface area contributed by atoms with Crippen molar-refractivity contribution in [2.75, 3.05) is 0 Å². The van der Waals surface area contributed by atoms with E-state index in [2.05, 4.69) is 15.3 Å². The Morgan fingerprint density at radius 2 is 2.05 bits per heavy atom. The average Bonchev–Trinajstić information content (AvgIpc) is 2.86. The summed E-state index contributed by atoms with van der Waals surface area (Å²) in [6.07, 6.45) is 0. The molecule has 0 saturated heterocycles. The lowest BCUT2D eigenvalue weighted by molar-refractivity contribution is 0.0952. The topological polar surface area (TPSA) is 57.8 Å². The second kappa shape index (κ2) is 5.58. The lowest BCUT2D eigenvalue weighted by Crippen LogP contribution is -2.23. The molecule has 0 aliphatic carbocycles. The van der Waals surface area contributed by atoms with Crippen LogP contribution in [0.4, 0.5) is 0 Å². The van der Waals surface area contributed by atoms with Crippen LogP contribution in [0.3, 0.4) is 0 Å². The second-order valence-electron chi connectivity index (χ2n) is 4.80. The van der Waals surface area contributed by atoms with Crippen LogP contribution in [-0.4, -0.2) is 15.9 Å². The third-order valence-electron chi connectivity index (χ3n) is 3.27. The third-order valence-corrected chi connectivity index (χ3v) is 3.64. The SMILES string of the molecule is Cc1nc2c(C(=O)NCc3ccccc3Cl)cccc2[nH]1. The zero-order chi connectivity index (χ0) is 14.8. The van der Waals surface area contributed by atoms with Gasteiger partial charge < -0.3 is 10.3 Å². The summed E-state index contributed by atoms with van der Waals surface area (Å²) in [5.41, 5.74) is 2.99. The van der Waals surface area contributed by atoms with Crippen LogP contribution in [0.5, 0.6) is 0 Å². The lowest BCUT2D eigenvalue weighted by Gasteiger charge is -2.07. The number of nitrogens with zero attached hydrogens (tertiary/aromatic N) is 1. The molecule has 0 radical (unpaired) electrons. The molecule has 0 saturated carbocycles. The molecule has 1 amide bonds. The molecule has 0 spiro atoms. The molecular weight excluding hydrogens is 286 g/mol. The van der Waals surface area contributed by atoms with Gasteiger partial charge in [0.25, 0.3) is 5.91 Å². The first-order valence-corrected chi connectivity index (χ1v) is 7.00. The highest BCUT2D eigenvalue weighted by Gasteiger charge is 2.12. The largest absolute Gasteiger partial charge is 0.348 e. The zero-order valence-corrected chi connectivity index (χ0v) is 12.2. The minimum absolute atomic E-state index is 0.160. The Bertz CT molecular complexity index is 810. The lowest BCUT2D eigenvalue weighted by atomic mass is 10.1. The van der Waals surface area contributed by atoms with Gasteiger partial charge in [-0.25, -0.2) is 4.98 Å². The Balaban J connectivity index is 1.83. The highest BCUT2D eigenvalue weighted by atomic mass is 35.5. The number of hydrogen-bond donors (Lipinski definition) is 2. The van der Waals surface area contributed by atoms with Crippen molar-refractivity contribution in [2.45, 2.75) is 13.5 Å². The van der Waals surface area contributed by atoms with Crippen LogP contribution in [0.25, 0.3) is 11.0 Å². The number of nitrogens with one attached hydrogen (secondary N) is 2. The molecule has 0 aliphatic heterocycles. The maximum atomic E-state index is 12.3. The summed E-state index contributed by atoms with van der Waals surface area (Å²) >= 11 is 6.08. The number of para-hydroxylation sites is 1. The molecule has 3 rings (SSSR count). The molecule has 0 bridgehead atoms. The van der Waals surface area contributed by atoms with Gasteiger partial charge in [0.2, 0.25) is 0 Å². The molecular formula is C16H14ClN3O. The zero-order valence-electron chi connectivity index (χ0n) is 11.5. The summed E-state index contributed by atoms with van der Waals surface area (Å²) < 4.78 is 0. The van der Waals surface area contributed by atoms with E-state index in [1.165, 1.54) is 0 Å². The quantitative estimate of drug-likeness (QED) is 0.778. The molecule has 21 heavy (non-hydrogen) atoms. The van der Waals surface area contributed by atoms with Crippen LogP contribution >= 0.6 is 11.6 Å². The van der Waals surface area contributed by atoms with Crippen molar-refractivity contribution in [1.82, 2.24) is 15.3 Å². The van der Waals surface area contributed by atoms with E-state index in [1.807, 2.05) is 37.3 Å². The number of aromatic nitrogens is 2. The molecule has 1 aromatic heterocycles. The van der Waals surface area contributed by atoms with E-state index < -0.39 is 0 Å². The standard InChI is InChI=1S/C16H14ClN3O/c1-10-19-14-8-4-6-12(15(14)20-10)16(21)18-9-11-5-2-3-7-13(11)17/h2-8H,9H2,1H3,(H,18,21)(H,19,20). The Kier molecular flexibility index (Phi) is 3.62. The van der Waals surface area contributed by atoms with E-state index in [0.717, 1.165) is 16.9 Å². The number of rotatable bonds is 3. The first-order chi connectivity index (χ1) is 10.1. The number of amides is 1. The predicted molar refractivity (Wildman–Crippen MR) is 83.5 cm³/mol. The molecule has 0 aliphatic rings. The van der Waals surface area contributed by atoms with Gasteiger partial charge >= 0.3 is 0 Å². The summed E-state index contributed by atoms with van der Waals surface area (Å²) in [6, 6.07) is 13.0. The number of imidazole rings is 1. The number of aromatic amines is 1. The molecule has 0 atom stereocenters. The first kappa shape index (κ1) is 13.6. The molecule has 5 heteroatoms. The Labute approximate surface area is 127 Å². The van der Waals surface area contributed by atoms with Gasteiger partial charge in [-0.1, -0.05) is 35.9 Å². The van der Waals surface area contributed by atoms with Crippen molar-refractivity contribution < 1.29 is 4.79 Å². The monoisotopic (exact) mass is 299 g/mol. The average molecular weight is 300 g/mol. The highest BCUT2D eigenvalue weighted by molar-refractivity contribution is 6.31. The minimum atomic E-state index is -0.160. The van der Waals surface area contributed by atoms with E-state index in [1.54, 1.807) is 12.1 Å². The molecule has 0 unspecified atom stereocenters. The van der Waals surface area contributed by atoms with Crippen LogP contribution < -0.4 is 5.32 Å². The Morgan fingerprint density at radius 1 is 1.24 bits per heavy atom. The number of fused-ring (bicyclic) bond motifs is 1. The van der Waals surface area contributed by atoms with Gasteiger partial charge in [0, 0.05) is 11.6 Å². The summed E-state index contributed by atoms with van der Waals surface area (Å²) in [4.78, 5) is 19.8. The van der Waals surface area contributed by atoms with Crippen molar-refractivity contribution in [3.8, 4) is 0 Å². The molecule has 2 aromatic carbocycles. The Morgan fingerprint density at radius 3 is 2.86 bits per heavy atom. The van der Waals surface area contributed by atoms with Crippen molar-refractivity contribution in [3.63, 3.8) is 0 Å². The number of carbonyl (C=O) groups is 1. The summed E-state index contributed by atoms with van der Waals surface area (Å²) in [5.74, 6) is 0.628. The molecule has 0 fully saturated rings. The molecule has 1 heterocycles.